The van der Waals surface area contributed by atoms with E-state index in [9.17, 15) is 5.11 Å². The average Bonchev–Trinajstić information content (AvgIpc) is 2.97. The van der Waals surface area contributed by atoms with Gasteiger partial charge < -0.3 is 5.11 Å². The number of rotatable bonds is 12. The Kier molecular flexibility index (Phi) is 9.72. The van der Waals surface area contributed by atoms with Gasteiger partial charge >= 0.3 is 0 Å². The first-order valence-corrected chi connectivity index (χ1v) is 16.4. The lowest BCUT2D eigenvalue weighted by atomic mass is 9.64. The molecule has 0 fully saturated rings. The number of hydrogen-bond donors (Lipinski definition) is 1. The van der Waals surface area contributed by atoms with Crippen LogP contribution in [-0.4, -0.2) is 24.0 Å². The SMILES string of the molecule is CCC(C)(CO)C(C)(CCP(c1ccccc1)c1ccccc1)CP(c1ccccc1)c1ccccc1. The summed E-state index contributed by atoms with van der Waals surface area (Å²) in [4.78, 5) is 0. The van der Waals surface area contributed by atoms with Gasteiger partial charge in [0.05, 0.1) is 0 Å². The Morgan fingerprint density at radius 2 is 0.892 bits per heavy atom. The van der Waals surface area contributed by atoms with Gasteiger partial charge in [-0.05, 0) is 73.1 Å². The van der Waals surface area contributed by atoms with Crippen LogP contribution in [0.25, 0.3) is 0 Å². The van der Waals surface area contributed by atoms with Crippen molar-refractivity contribution in [2.45, 2.75) is 33.6 Å². The zero-order valence-electron chi connectivity index (χ0n) is 22.4. The van der Waals surface area contributed by atoms with Gasteiger partial charge in [0.1, 0.15) is 0 Å². The van der Waals surface area contributed by atoms with E-state index in [0.29, 0.717) is 0 Å². The van der Waals surface area contributed by atoms with Crippen LogP contribution < -0.4 is 21.2 Å². The monoisotopic (exact) mass is 526 g/mol. The number of aliphatic hydroxyl groups is 1. The van der Waals surface area contributed by atoms with Gasteiger partial charge in [-0.1, -0.05) is 142 Å². The van der Waals surface area contributed by atoms with E-state index in [1.54, 1.807) is 0 Å². The molecule has 0 aliphatic rings. The molecule has 2 unspecified atom stereocenters. The molecule has 0 radical (unpaired) electrons. The summed E-state index contributed by atoms with van der Waals surface area (Å²) >= 11 is 0. The fourth-order valence-corrected chi connectivity index (χ4v) is 10.7. The van der Waals surface area contributed by atoms with Crippen molar-refractivity contribution in [2.75, 3.05) is 18.9 Å². The average molecular weight is 527 g/mol. The molecule has 0 aliphatic carbocycles. The zero-order valence-corrected chi connectivity index (χ0v) is 24.2. The minimum atomic E-state index is -0.558. The lowest BCUT2D eigenvalue weighted by molar-refractivity contribution is 0.0171. The Bertz CT molecular complexity index is 1110. The molecule has 0 aromatic heterocycles. The lowest BCUT2D eigenvalue weighted by Crippen LogP contribution is -2.44. The fourth-order valence-electron chi connectivity index (χ4n) is 5.18. The molecule has 0 amide bonds. The van der Waals surface area contributed by atoms with Crippen molar-refractivity contribution in [1.82, 2.24) is 0 Å². The molecule has 4 aromatic rings. The van der Waals surface area contributed by atoms with Crippen LogP contribution in [0.3, 0.4) is 0 Å². The molecule has 1 nitrogen and oxygen atoms in total. The largest absolute Gasteiger partial charge is 0.396 e. The third kappa shape index (κ3) is 6.59. The molecule has 0 spiro atoms. The van der Waals surface area contributed by atoms with Crippen LogP contribution in [0, 0.1) is 10.8 Å². The summed E-state index contributed by atoms with van der Waals surface area (Å²) in [7, 11) is -1.04. The second-order valence-electron chi connectivity index (χ2n) is 10.5. The van der Waals surface area contributed by atoms with Crippen LogP contribution in [0.4, 0.5) is 0 Å². The first-order valence-electron chi connectivity index (χ1n) is 13.4. The van der Waals surface area contributed by atoms with Crippen LogP contribution in [0.2, 0.25) is 0 Å². The fraction of sp³-hybridized carbons (Fsp3) is 0.294. The predicted octanol–water partition coefficient (Wildman–Crippen LogP) is 7.06. The molecule has 0 heterocycles. The van der Waals surface area contributed by atoms with Crippen LogP contribution >= 0.6 is 15.8 Å². The first-order chi connectivity index (χ1) is 18.0. The van der Waals surface area contributed by atoms with Crippen LogP contribution in [0.5, 0.6) is 0 Å². The number of benzene rings is 4. The summed E-state index contributed by atoms with van der Waals surface area (Å²) in [5.74, 6) is 0. The topological polar surface area (TPSA) is 20.2 Å². The third-order valence-corrected chi connectivity index (χ3v) is 13.6. The van der Waals surface area contributed by atoms with E-state index in [1.807, 2.05) is 0 Å². The first kappa shape index (κ1) is 27.7. The maximum atomic E-state index is 10.8. The summed E-state index contributed by atoms with van der Waals surface area (Å²) in [6.07, 6.45) is 4.21. The number of aliphatic hydroxyl groups excluding tert-OH is 1. The highest BCUT2D eigenvalue weighted by Gasteiger charge is 2.44. The Morgan fingerprint density at radius 3 is 1.22 bits per heavy atom. The normalized spacial score (nSPS) is 14.9. The maximum absolute atomic E-state index is 10.8. The smallest absolute Gasteiger partial charge is 0.0490 e. The van der Waals surface area contributed by atoms with E-state index in [2.05, 4.69) is 142 Å². The number of hydrogen-bond acceptors (Lipinski definition) is 1. The molecule has 0 saturated carbocycles. The van der Waals surface area contributed by atoms with Gasteiger partial charge in [0.25, 0.3) is 0 Å². The summed E-state index contributed by atoms with van der Waals surface area (Å²) in [6, 6.07) is 44.1. The second kappa shape index (κ2) is 13.0. The van der Waals surface area contributed by atoms with Crippen molar-refractivity contribution in [2.24, 2.45) is 10.8 Å². The summed E-state index contributed by atoms with van der Waals surface area (Å²) in [6.45, 7) is 7.22. The minimum Gasteiger partial charge on any atom is -0.396 e. The molecule has 3 heteroatoms. The van der Waals surface area contributed by atoms with Gasteiger partial charge in [-0.3, -0.25) is 0 Å². The van der Waals surface area contributed by atoms with Crippen molar-refractivity contribution >= 4 is 37.1 Å². The molecule has 0 bridgehead atoms. The second-order valence-corrected chi connectivity index (χ2v) is 15.0. The quantitative estimate of drug-likeness (QED) is 0.196. The van der Waals surface area contributed by atoms with Gasteiger partial charge in [-0.2, -0.15) is 0 Å². The maximum Gasteiger partial charge on any atom is 0.0490 e. The third-order valence-electron chi connectivity index (χ3n) is 8.25. The Morgan fingerprint density at radius 1 is 0.541 bits per heavy atom. The molecule has 0 aliphatic heterocycles. The van der Waals surface area contributed by atoms with Crippen LogP contribution in [0.1, 0.15) is 33.6 Å². The predicted molar refractivity (Wildman–Crippen MR) is 166 cm³/mol. The molecule has 0 saturated heterocycles. The molecular weight excluding hydrogens is 486 g/mol. The van der Waals surface area contributed by atoms with Gasteiger partial charge in [0.15, 0.2) is 0 Å². The highest BCUT2D eigenvalue weighted by atomic mass is 31.1. The molecule has 2 atom stereocenters. The molecule has 4 rings (SSSR count). The molecule has 4 aromatic carbocycles. The van der Waals surface area contributed by atoms with Crippen LogP contribution in [-0.2, 0) is 0 Å². The van der Waals surface area contributed by atoms with E-state index in [4.69, 9.17) is 0 Å². The highest BCUT2D eigenvalue weighted by molar-refractivity contribution is 7.73. The van der Waals surface area contributed by atoms with E-state index < -0.39 is 15.8 Å². The standard InChI is InChI=1S/C34H40OP2/c1-4-33(2,27-35)34(3,28-37(31-21-13-7-14-22-31)32-23-15-8-16-24-32)25-26-36(29-17-9-5-10-18-29)30-19-11-6-12-20-30/h5-24,35H,4,25-28H2,1-3H3. The van der Waals surface area contributed by atoms with Gasteiger partial charge in [-0.15, -0.1) is 0 Å². The minimum absolute atomic E-state index is 0.0297. The van der Waals surface area contributed by atoms with Crippen LogP contribution in [0.15, 0.2) is 121 Å². The lowest BCUT2D eigenvalue weighted by Gasteiger charge is -2.48. The highest BCUT2D eigenvalue weighted by Crippen LogP contribution is 2.54. The van der Waals surface area contributed by atoms with Crippen molar-refractivity contribution in [3.63, 3.8) is 0 Å². The van der Waals surface area contributed by atoms with E-state index in [-0.39, 0.29) is 17.4 Å². The Labute approximate surface area is 226 Å². The summed E-state index contributed by atoms with van der Waals surface area (Å²) in [5.41, 5.74) is -0.191. The van der Waals surface area contributed by atoms with Gasteiger partial charge in [-0.25, -0.2) is 0 Å². The van der Waals surface area contributed by atoms with E-state index in [1.165, 1.54) is 21.2 Å². The Hall–Kier alpha value is -2.30. The molecule has 37 heavy (non-hydrogen) atoms. The summed E-state index contributed by atoms with van der Waals surface area (Å²) in [5, 5.41) is 16.5. The zero-order chi connectivity index (χ0) is 26.1. The van der Waals surface area contributed by atoms with Gasteiger partial charge in [0, 0.05) is 6.61 Å². The van der Waals surface area contributed by atoms with Crippen molar-refractivity contribution in [1.29, 1.82) is 0 Å². The van der Waals surface area contributed by atoms with E-state index in [0.717, 1.165) is 25.2 Å². The summed E-state index contributed by atoms with van der Waals surface area (Å²) < 4.78 is 0. The molecular formula is C34H40OP2. The van der Waals surface area contributed by atoms with E-state index >= 15 is 0 Å². The van der Waals surface area contributed by atoms with Gasteiger partial charge in [0.2, 0.25) is 0 Å². The Balaban J connectivity index is 1.72. The van der Waals surface area contributed by atoms with Crippen molar-refractivity contribution in [3.8, 4) is 0 Å². The molecule has 1 N–H and O–H groups in total. The van der Waals surface area contributed by atoms with Crippen molar-refractivity contribution < 1.29 is 5.11 Å². The molecule has 192 valence electrons. The van der Waals surface area contributed by atoms with Crippen molar-refractivity contribution in [3.05, 3.63) is 121 Å².